The number of allylic oxidation sites excluding steroid dienone is 2. The Morgan fingerprint density at radius 3 is 2.39 bits per heavy atom. The summed E-state index contributed by atoms with van der Waals surface area (Å²) in [6.07, 6.45) is 11.2. The van der Waals surface area contributed by atoms with Crippen LogP contribution in [-0.4, -0.2) is 12.6 Å². The lowest BCUT2D eigenvalue weighted by molar-refractivity contribution is -0.132. The number of rotatable bonds is 4. The van der Waals surface area contributed by atoms with Gasteiger partial charge in [-0.3, -0.25) is 0 Å². The van der Waals surface area contributed by atoms with Gasteiger partial charge in [0, 0.05) is 11.8 Å². The van der Waals surface area contributed by atoms with Crippen molar-refractivity contribution in [2.75, 3.05) is 0 Å². The van der Waals surface area contributed by atoms with E-state index in [1.54, 1.807) is 0 Å². The number of carbonyl (C=O) groups excluding carboxylic acids is 2. The predicted octanol–water partition coefficient (Wildman–Crippen LogP) is 5.96. The SMILES string of the molecule is C[C@H]1CC[C@](C)([C@H]2CC[C@]3(C)C(c4ccccc4)=CC[C@H]3C2C=O)[C@@H](C=O)C1. The van der Waals surface area contributed by atoms with Crippen LogP contribution in [-0.2, 0) is 9.59 Å². The van der Waals surface area contributed by atoms with E-state index in [-0.39, 0.29) is 22.7 Å². The molecule has 7 atom stereocenters. The Hall–Kier alpha value is -1.70. The van der Waals surface area contributed by atoms with Crippen molar-refractivity contribution in [3.63, 3.8) is 0 Å². The third kappa shape index (κ3) is 2.91. The Bertz CT molecular complexity index is 766. The fourth-order valence-corrected chi connectivity index (χ4v) is 7.03. The van der Waals surface area contributed by atoms with Crippen molar-refractivity contribution in [1.29, 1.82) is 0 Å². The second kappa shape index (κ2) is 7.28. The minimum Gasteiger partial charge on any atom is -0.303 e. The van der Waals surface area contributed by atoms with Gasteiger partial charge in [0.25, 0.3) is 0 Å². The molecule has 2 nitrogen and oxygen atoms in total. The lowest BCUT2D eigenvalue weighted by atomic mass is 9.48. The van der Waals surface area contributed by atoms with Crippen LogP contribution >= 0.6 is 0 Å². The van der Waals surface area contributed by atoms with Crippen molar-refractivity contribution >= 4 is 18.1 Å². The number of fused-ring (bicyclic) bond motifs is 1. The fraction of sp³-hybridized carbons (Fsp3) is 0.615. The Morgan fingerprint density at radius 1 is 0.964 bits per heavy atom. The van der Waals surface area contributed by atoms with Crippen LogP contribution in [0.4, 0.5) is 0 Å². The average molecular weight is 379 g/mol. The van der Waals surface area contributed by atoms with Gasteiger partial charge < -0.3 is 9.59 Å². The summed E-state index contributed by atoms with van der Waals surface area (Å²) in [5.41, 5.74) is 2.77. The molecule has 0 aliphatic heterocycles. The van der Waals surface area contributed by atoms with Gasteiger partial charge in [-0.05, 0) is 71.8 Å². The summed E-state index contributed by atoms with van der Waals surface area (Å²) in [5, 5.41) is 0. The molecular formula is C26H34O2. The molecule has 4 rings (SSSR count). The van der Waals surface area contributed by atoms with Gasteiger partial charge in [-0.25, -0.2) is 0 Å². The second-order valence-electron chi connectivity index (χ2n) is 10.2. The smallest absolute Gasteiger partial charge is 0.123 e. The number of aldehydes is 2. The van der Waals surface area contributed by atoms with Crippen LogP contribution in [0.15, 0.2) is 36.4 Å². The standard InChI is InChI=1S/C26H34O2/c1-18-11-13-25(2,20(15-18)16-27)24-12-14-26(3)22(19-7-5-4-6-8-19)9-10-23(26)21(24)17-28/h4-9,16-18,20-21,23-24H,10-15H2,1-3H3/t18-,20+,21?,23-,24-,25-,26+/m0/s1. The van der Waals surface area contributed by atoms with Crippen molar-refractivity contribution < 1.29 is 9.59 Å². The van der Waals surface area contributed by atoms with Crippen LogP contribution in [0.25, 0.3) is 5.57 Å². The Balaban J connectivity index is 1.64. The Morgan fingerprint density at radius 2 is 1.71 bits per heavy atom. The Kier molecular flexibility index (Phi) is 5.10. The summed E-state index contributed by atoms with van der Waals surface area (Å²) in [7, 11) is 0. The van der Waals surface area contributed by atoms with Crippen molar-refractivity contribution in [3.8, 4) is 0 Å². The molecule has 0 heterocycles. The van der Waals surface area contributed by atoms with E-state index >= 15 is 0 Å². The van der Waals surface area contributed by atoms with Gasteiger partial charge in [0.1, 0.15) is 12.6 Å². The quantitative estimate of drug-likeness (QED) is 0.606. The van der Waals surface area contributed by atoms with Crippen LogP contribution in [0.2, 0.25) is 0 Å². The molecule has 0 saturated heterocycles. The van der Waals surface area contributed by atoms with Crippen LogP contribution < -0.4 is 0 Å². The molecule has 3 aliphatic rings. The first-order valence-electron chi connectivity index (χ1n) is 11.1. The van der Waals surface area contributed by atoms with Gasteiger partial charge in [-0.2, -0.15) is 0 Å². The van der Waals surface area contributed by atoms with E-state index in [1.807, 2.05) is 0 Å². The van der Waals surface area contributed by atoms with Gasteiger partial charge in [-0.1, -0.05) is 63.6 Å². The molecule has 2 fully saturated rings. The average Bonchev–Trinajstić information content (AvgIpc) is 3.06. The molecular weight excluding hydrogens is 344 g/mol. The normalized spacial score (nSPS) is 43.1. The van der Waals surface area contributed by atoms with Crippen molar-refractivity contribution in [2.45, 2.75) is 59.3 Å². The highest BCUT2D eigenvalue weighted by Crippen LogP contribution is 2.63. The molecule has 3 aliphatic carbocycles. The zero-order valence-electron chi connectivity index (χ0n) is 17.6. The third-order valence-corrected chi connectivity index (χ3v) is 8.85. The van der Waals surface area contributed by atoms with Gasteiger partial charge in [0.2, 0.25) is 0 Å². The van der Waals surface area contributed by atoms with Crippen LogP contribution in [0.5, 0.6) is 0 Å². The molecule has 1 unspecified atom stereocenters. The lowest BCUT2D eigenvalue weighted by Crippen LogP contribution is -2.50. The lowest BCUT2D eigenvalue weighted by Gasteiger charge is -2.55. The summed E-state index contributed by atoms with van der Waals surface area (Å²) < 4.78 is 0. The molecule has 2 saturated carbocycles. The first-order valence-corrected chi connectivity index (χ1v) is 11.1. The summed E-state index contributed by atoms with van der Waals surface area (Å²) in [5.74, 6) is 1.45. The van der Waals surface area contributed by atoms with E-state index in [9.17, 15) is 9.59 Å². The molecule has 0 N–H and O–H groups in total. The molecule has 1 aromatic carbocycles. The molecule has 150 valence electrons. The van der Waals surface area contributed by atoms with Gasteiger partial charge in [-0.15, -0.1) is 0 Å². The van der Waals surface area contributed by atoms with Crippen molar-refractivity contribution in [1.82, 2.24) is 0 Å². The highest BCUT2D eigenvalue weighted by molar-refractivity contribution is 5.74. The topological polar surface area (TPSA) is 34.1 Å². The summed E-state index contributed by atoms with van der Waals surface area (Å²) >= 11 is 0. The maximum atomic E-state index is 12.4. The summed E-state index contributed by atoms with van der Waals surface area (Å²) in [6.45, 7) is 6.94. The monoisotopic (exact) mass is 378 g/mol. The van der Waals surface area contributed by atoms with Gasteiger partial charge >= 0.3 is 0 Å². The number of hydrogen-bond acceptors (Lipinski definition) is 2. The highest BCUT2D eigenvalue weighted by Gasteiger charge is 2.56. The molecule has 0 bridgehead atoms. The number of benzene rings is 1. The molecule has 28 heavy (non-hydrogen) atoms. The Labute approximate surface area is 169 Å². The molecule has 0 radical (unpaired) electrons. The first-order chi connectivity index (χ1) is 13.4. The van der Waals surface area contributed by atoms with E-state index in [1.165, 1.54) is 30.1 Å². The molecule has 0 aromatic heterocycles. The van der Waals surface area contributed by atoms with Crippen molar-refractivity contribution in [3.05, 3.63) is 42.0 Å². The summed E-state index contributed by atoms with van der Waals surface area (Å²) in [4.78, 5) is 24.4. The maximum absolute atomic E-state index is 12.4. The first kappa shape index (κ1) is 19.6. The minimum absolute atomic E-state index is 0.0311. The van der Waals surface area contributed by atoms with Crippen molar-refractivity contribution in [2.24, 2.45) is 40.4 Å². The van der Waals surface area contributed by atoms with Crippen LogP contribution in [0.3, 0.4) is 0 Å². The predicted molar refractivity (Wildman–Crippen MR) is 114 cm³/mol. The molecule has 2 heteroatoms. The van der Waals surface area contributed by atoms with Gasteiger partial charge in [0.15, 0.2) is 0 Å². The van der Waals surface area contributed by atoms with E-state index in [0.29, 0.717) is 17.8 Å². The fourth-order valence-electron chi connectivity index (χ4n) is 7.03. The second-order valence-corrected chi connectivity index (χ2v) is 10.2. The molecule has 0 amide bonds. The number of hydrogen-bond donors (Lipinski definition) is 0. The third-order valence-electron chi connectivity index (χ3n) is 8.85. The van der Waals surface area contributed by atoms with Gasteiger partial charge in [0.05, 0.1) is 0 Å². The summed E-state index contributed by atoms with van der Waals surface area (Å²) in [6, 6.07) is 10.7. The van der Waals surface area contributed by atoms with E-state index in [2.05, 4.69) is 57.2 Å². The van der Waals surface area contributed by atoms with E-state index in [4.69, 9.17) is 0 Å². The van der Waals surface area contributed by atoms with E-state index < -0.39 is 0 Å². The van der Waals surface area contributed by atoms with Crippen LogP contribution in [0.1, 0.15) is 64.9 Å². The zero-order valence-corrected chi connectivity index (χ0v) is 17.6. The molecule has 0 spiro atoms. The largest absolute Gasteiger partial charge is 0.303 e. The zero-order chi connectivity index (χ0) is 19.9. The number of carbonyl (C=O) groups is 2. The minimum atomic E-state index is -0.0311. The molecule has 1 aromatic rings. The highest BCUT2D eigenvalue weighted by atomic mass is 16.1. The van der Waals surface area contributed by atoms with E-state index in [0.717, 1.165) is 32.1 Å². The van der Waals surface area contributed by atoms with Crippen LogP contribution in [0, 0.1) is 40.4 Å². The maximum Gasteiger partial charge on any atom is 0.123 e.